The molecule has 27 heavy (non-hydrogen) atoms. The maximum Gasteiger partial charge on any atom is 0.303 e. The van der Waals surface area contributed by atoms with E-state index in [2.05, 4.69) is 26.4 Å². The van der Waals surface area contributed by atoms with E-state index >= 15 is 0 Å². The number of carboxylic acids is 1. The van der Waals surface area contributed by atoms with Crippen LogP contribution >= 0.6 is 15.9 Å². The Morgan fingerprint density at radius 2 is 1.63 bits per heavy atom. The number of hydrogen-bond donors (Lipinski definition) is 3. The van der Waals surface area contributed by atoms with Crippen LogP contribution in [0.25, 0.3) is 0 Å². The van der Waals surface area contributed by atoms with E-state index in [1.54, 1.807) is 24.3 Å². The van der Waals surface area contributed by atoms with Gasteiger partial charge >= 0.3 is 5.97 Å². The zero-order chi connectivity index (χ0) is 19.6. The van der Waals surface area contributed by atoms with Crippen molar-refractivity contribution < 1.29 is 19.9 Å². The van der Waals surface area contributed by atoms with Gasteiger partial charge in [-0.2, -0.15) is 0 Å². The second-order valence-electron chi connectivity index (χ2n) is 6.05. The topological polar surface area (TPSA) is 99.0 Å². The summed E-state index contributed by atoms with van der Waals surface area (Å²) >= 11 is 3.40. The van der Waals surface area contributed by atoms with E-state index in [9.17, 15) is 9.59 Å². The molecule has 0 radical (unpaired) electrons. The number of nitrogens with zero attached hydrogens (tertiary/aromatic N) is 1. The molecule has 3 N–H and O–H groups in total. The molecule has 2 aromatic rings. The molecule has 0 fully saturated rings. The highest BCUT2D eigenvalue weighted by Crippen LogP contribution is 2.15. The first-order valence-electron chi connectivity index (χ1n) is 8.55. The predicted octanol–water partition coefficient (Wildman–Crippen LogP) is 4.45. The van der Waals surface area contributed by atoms with Crippen LogP contribution in [-0.4, -0.2) is 27.9 Å². The standard InChI is InChI=1S/C20H21BrN2O4/c21-16-8-4-14(5-9-16)2-1-3-19(24)22-17-10-6-15(7-11-17)18(23-27)12-13-20(25)26/h4-11,27H,1-3,12-13H2,(H,22,24)(H,25,26). The number of hydrogen-bond acceptors (Lipinski definition) is 4. The van der Waals surface area contributed by atoms with Crippen LogP contribution in [0.5, 0.6) is 0 Å². The first kappa shape index (κ1) is 20.6. The van der Waals surface area contributed by atoms with Gasteiger partial charge in [0.2, 0.25) is 5.91 Å². The van der Waals surface area contributed by atoms with Crippen LogP contribution in [0.15, 0.2) is 58.2 Å². The monoisotopic (exact) mass is 432 g/mol. The number of aliphatic carboxylic acids is 1. The van der Waals surface area contributed by atoms with Crippen molar-refractivity contribution in [3.8, 4) is 0 Å². The second kappa shape index (κ2) is 10.5. The summed E-state index contributed by atoms with van der Waals surface area (Å²) in [7, 11) is 0. The lowest BCUT2D eigenvalue weighted by Gasteiger charge is -2.08. The van der Waals surface area contributed by atoms with Gasteiger partial charge in [-0.15, -0.1) is 0 Å². The number of aryl methyl sites for hydroxylation is 1. The molecule has 142 valence electrons. The minimum Gasteiger partial charge on any atom is -0.481 e. The summed E-state index contributed by atoms with van der Waals surface area (Å²) in [6, 6.07) is 14.8. The summed E-state index contributed by atoms with van der Waals surface area (Å²) in [5, 5.41) is 23.7. The molecule has 0 aromatic heterocycles. The largest absolute Gasteiger partial charge is 0.481 e. The highest BCUT2D eigenvalue weighted by molar-refractivity contribution is 9.10. The fraction of sp³-hybridized carbons (Fsp3) is 0.250. The van der Waals surface area contributed by atoms with E-state index in [4.69, 9.17) is 10.3 Å². The molecule has 0 saturated heterocycles. The third-order valence-electron chi connectivity index (χ3n) is 3.98. The number of oxime groups is 1. The Morgan fingerprint density at radius 3 is 2.22 bits per heavy atom. The number of amides is 1. The number of carboxylic acid groups (broad SMARTS) is 1. The van der Waals surface area contributed by atoms with Crippen molar-refractivity contribution in [2.24, 2.45) is 5.16 Å². The first-order chi connectivity index (χ1) is 13.0. The summed E-state index contributed by atoms with van der Waals surface area (Å²) in [5.74, 6) is -1.02. The van der Waals surface area contributed by atoms with Gasteiger partial charge in [0.05, 0.1) is 12.1 Å². The Kier molecular flexibility index (Phi) is 8.00. The van der Waals surface area contributed by atoms with E-state index in [0.717, 1.165) is 17.3 Å². The number of anilines is 1. The number of rotatable bonds is 9. The molecular weight excluding hydrogens is 412 g/mol. The summed E-state index contributed by atoms with van der Waals surface area (Å²) in [4.78, 5) is 22.7. The van der Waals surface area contributed by atoms with Crippen molar-refractivity contribution in [1.29, 1.82) is 0 Å². The van der Waals surface area contributed by atoms with E-state index < -0.39 is 5.97 Å². The molecule has 0 aliphatic rings. The molecule has 0 aliphatic heterocycles. The molecular formula is C20H21BrN2O4. The predicted molar refractivity (Wildman–Crippen MR) is 107 cm³/mol. The van der Waals surface area contributed by atoms with Gasteiger partial charge in [0, 0.05) is 23.0 Å². The number of nitrogens with one attached hydrogen (secondary N) is 1. The molecule has 0 unspecified atom stereocenters. The molecule has 0 spiro atoms. The second-order valence-corrected chi connectivity index (χ2v) is 6.96. The summed E-state index contributed by atoms with van der Waals surface area (Å²) in [6.45, 7) is 0. The molecule has 0 saturated carbocycles. The fourth-order valence-corrected chi connectivity index (χ4v) is 2.82. The van der Waals surface area contributed by atoms with Crippen LogP contribution in [0.4, 0.5) is 5.69 Å². The van der Waals surface area contributed by atoms with Crippen molar-refractivity contribution in [2.75, 3.05) is 5.32 Å². The Balaban J connectivity index is 1.81. The normalized spacial score (nSPS) is 11.2. The summed E-state index contributed by atoms with van der Waals surface area (Å²) < 4.78 is 1.03. The van der Waals surface area contributed by atoms with Crippen molar-refractivity contribution in [1.82, 2.24) is 0 Å². The van der Waals surface area contributed by atoms with Crippen LogP contribution in [-0.2, 0) is 16.0 Å². The van der Waals surface area contributed by atoms with Gasteiger partial charge in [-0.25, -0.2) is 0 Å². The lowest BCUT2D eigenvalue weighted by molar-refractivity contribution is -0.136. The maximum absolute atomic E-state index is 12.1. The minimum atomic E-state index is -0.955. The Labute approximate surface area is 166 Å². The number of benzene rings is 2. The third-order valence-corrected chi connectivity index (χ3v) is 4.51. The molecule has 6 nitrogen and oxygen atoms in total. The van der Waals surface area contributed by atoms with E-state index in [1.165, 1.54) is 5.56 Å². The van der Waals surface area contributed by atoms with E-state index in [0.29, 0.717) is 23.4 Å². The van der Waals surface area contributed by atoms with Crippen LogP contribution in [0.2, 0.25) is 0 Å². The molecule has 2 aromatic carbocycles. The van der Waals surface area contributed by atoms with Gasteiger partial charge in [0.1, 0.15) is 0 Å². The van der Waals surface area contributed by atoms with Crippen molar-refractivity contribution in [3.05, 3.63) is 64.1 Å². The molecule has 0 heterocycles. The zero-order valence-corrected chi connectivity index (χ0v) is 16.3. The van der Waals surface area contributed by atoms with Gasteiger partial charge in [0.15, 0.2) is 0 Å². The fourth-order valence-electron chi connectivity index (χ4n) is 2.55. The zero-order valence-electron chi connectivity index (χ0n) is 14.7. The third kappa shape index (κ3) is 7.22. The highest BCUT2D eigenvalue weighted by atomic mass is 79.9. The number of halogens is 1. The van der Waals surface area contributed by atoms with Crippen molar-refractivity contribution in [2.45, 2.75) is 32.1 Å². The van der Waals surface area contributed by atoms with Crippen LogP contribution in [0, 0.1) is 0 Å². The molecule has 0 bridgehead atoms. The van der Waals surface area contributed by atoms with Crippen LogP contribution < -0.4 is 5.32 Å². The maximum atomic E-state index is 12.1. The minimum absolute atomic E-state index is 0.0678. The molecule has 2 rings (SSSR count). The van der Waals surface area contributed by atoms with Gasteiger partial charge in [0.25, 0.3) is 0 Å². The first-order valence-corrected chi connectivity index (χ1v) is 9.34. The van der Waals surface area contributed by atoms with Crippen molar-refractivity contribution in [3.63, 3.8) is 0 Å². The lowest BCUT2D eigenvalue weighted by Crippen LogP contribution is -2.12. The quantitative estimate of drug-likeness (QED) is 0.309. The Hall–Kier alpha value is -2.67. The van der Waals surface area contributed by atoms with Crippen molar-refractivity contribution >= 4 is 39.2 Å². The molecule has 0 atom stereocenters. The molecule has 7 heteroatoms. The van der Waals surface area contributed by atoms with Gasteiger partial charge in [-0.3, -0.25) is 9.59 Å². The van der Waals surface area contributed by atoms with Gasteiger partial charge in [-0.1, -0.05) is 45.4 Å². The lowest BCUT2D eigenvalue weighted by atomic mass is 10.1. The number of carbonyl (C=O) groups excluding carboxylic acids is 1. The SMILES string of the molecule is O=C(O)CCC(=NO)c1ccc(NC(=O)CCCc2ccc(Br)cc2)cc1. The van der Waals surface area contributed by atoms with Crippen LogP contribution in [0.1, 0.15) is 36.8 Å². The average Bonchev–Trinajstić information content (AvgIpc) is 2.65. The smallest absolute Gasteiger partial charge is 0.303 e. The summed E-state index contributed by atoms with van der Waals surface area (Å²) in [6.07, 6.45) is 2.02. The number of carbonyl (C=O) groups is 2. The molecule has 0 aliphatic carbocycles. The van der Waals surface area contributed by atoms with Gasteiger partial charge in [-0.05, 0) is 48.2 Å². The Bertz CT molecular complexity index is 802. The highest BCUT2D eigenvalue weighted by Gasteiger charge is 2.08. The van der Waals surface area contributed by atoms with Crippen LogP contribution in [0.3, 0.4) is 0 Å². The Morgan fingerprint density at radius 1 is 0.963 bits per heavy atom. The molecule has 1 amide bonds. The van der Waals surface area contributed by atoms with Gasteiger partial charge < -0.3 is 15.6 Å². The summed E-state index contributed by atoms with van der Waals surface area (Å²) in [5.41, 5.74) is 2.74. The average molecular weight is 433 g/mol. The van der Waals surface area contributed by atoms with E-state index in [1.807, 2.05) is 24.3 Å². The van der Waals surface area contributed by atoms with E-state index in [-0.39, 0.29) is 18.7 Å².